The lowest BCUT2D eigenvalue weighted by Crippen LogP contribution is -2.42. The molecule has 2 fully saturated rings. The van der Waals surface area contributed by atoms with Gasteiger partial charge in [0.05, 0.1) is 6.54 Å². The highest BCUT2D eigenvalue weighted by atomic mass is 16.2. The molecule has 5 nitrogen and oxygen atoms in total. The topological polar surface area (TPSA) is 49.3 Å². The number of hydrogen-bond donors (Lipinski definition) is 0. The van der Waals surface area contributed by atoms with Crippen molar-refractivity contribution in [1.82, 2.24) is 19.8 Å². The largest absolute Gasteiger partial charge is 0.335 e. The SMILES string of the molecule is CC1C(=O)N(Cc2ncccn2)CCC[C@](c2ccccc2)(N(C)C)CCCC1CC1CCC1. The summed E-state index contributed by atoms with van der Waals surface area (Å²) in [6.07, 6.45) is 14.2. The number of hydrogen-bond acceptors (Lipinski definition) is 4. The Hall–Kier alpha value is -2.27. The highest BCUT2D eigenvalue weighted by Gasteiger charge is 2.37. The Morgan fingerprint density at radius 1 is 0.971 bits per heavy atom. The first kappa shape index (κ1) is 24.8. The van der Waals surface area contributed by atoms with Gasteiger partial charge >= 0.3 is 0 Å². The van der Waals surface area contributed by atoms with Crippen LogP contribution in [0.5, 0.6) is 0 Å². The van der Waals surface area contributed by atoms with Crippen LogP contribution in [-0.2, 0) is 16.9 Å². The molecule has 1 aliphatic carbocycles. The van der Waals surface area contributed by atoms with E-state index in [1.165, 1.54) is 31.2 Å². The minimum absolute atomic E-state index is 0.00613. The molecule has 1 aromatic carbocycles. The van der Waals surface area contributed by atoms with Crippen LogP contribution in [0.15, 0.2) is 48.8 Å². The summed E-state index contributed by atoms with van der Waals surface area (Å²) >= 11 is 0. The fraction of sp³-hybridized carbons (Fsp3) is 0.621. The van der Waals surface area contributed by atoms with Crippen molar-refractivity contribution in [3.63, 3.8) is 0 Å². The average Bonchev–Trinajstić information content (AvgIpc) is 2.84. The van der Waals surface area contributed by atoms with E-state index < -0.39 is 0 Å². The van der Waals surface area contributed by atoms with Gasteiger partial charge < -0.3 is 4.90 Å². The molecule has 1 saturated heterocycles. The molecule has 0 spiro atoms. The number of amides is 1. The number of aromatic nitrogens is 2. The number of rotatable bonds is 6. The van der Waals surface area contributed by atoms with Gasteiger partial charge in [-0.3, -0.25) is 9.69 Å². The van der Waals surface area contributed by atoms with Crippen LogP contribution in [0.4, 0.5) is 0 Å². The highest BCUT2D eigenvalue weighted by Crippen LogP contribution is 2.41. The molecule has 1 aliphatic heterocycles. The Balaban J connectivity index is 1.62. The van der Waals surface area contributed by atoms with Gasteiger partial charge in [0.1, 0.15) is 5.82 Å². The van der Waals surface area contributed by atoms with Gasteiger partial charge in [-0.25, -0.2) is 9.97 Å². The van der Waals surface area contributed by atoms with Crippen molar-refractivity contribution in [2.24, 2.45) is 17.8 Å². The highest BCUT2D eigenvalue weighted by molar-refractivity contribution is 5.78. The van der Waals surface area contributed by atoms with E-state index in [4.69, 9.17) is 0 Å². The third-order valence-electron chi connectivity index (χ3n) is 8.57. The number of benzene rings is 1. The molecule has 1 aromatic heterocycles. The van der Waals surface area contributed by atoms with Gasteiger partial charge in [-0.1, -0.05) is 62.9 Å². The lowest BCUT2D eigenvalue weighted by Gasteiger charge is -2.41. The summed E-state index contributed by atoms with van der Waals surface area (Å²) in [5.41, 5.74) is 1.39. The van der Waals surface area contributed by atoms with Crippen molar-refractivity contribution in [3.05, 3.63) is 60.2 Å². The van der Waals surface area contributed by atoms with E-state index in [9.17, 15) is 4.79 Å². The van der Waals surface area contributed by atoms with Crippen LogP contribution in [0.25, 0.3) is 0 Å². The zero-order valence-corrected chi connectivity index (χ0v) is 21.3. The minimum Gasteiger partial charge on any atom is -0.335 e. The van der Waals surface area contributed by atoms with Crippen molar-refractivity contribution in [1.29, 1.82) is 0 Å². The summed E-state index contributed by atoms with van der Waals surface area (Å²) in [5, 5.41) is 0. The number of carbonyl (C=O) groups is 1. The summed E-state index contributed by atoms with van der Waals surface area (Å²) in [4.78, 5) is 27.1. The Labute approximate surface area is 206 Å². The van der Waals surface area contributed by atoms with E-state index in [2.05, 4.69) is 66.2 Å². The molecule has 3 atom stereocenters. The molecule has 2 aliphatic rings. The molecule has 1 amide bonds. The molecule has 34 heavy (non-hydrogen) atoms. The van der Waals surface area contributed by atoms with Crippen molar-refractivity contribution < 1.29 is 4.79 Å². The Morgan fingerprint density at radius 2 is 1.68 bits per heavy atom. The molecule has 0 N–H and O–H groups in total. The zero-order valence-electron chi connectivity index (χ0n) is 21.3. The van der Waals surface area contributed by atoms with Gasteiger partial charge in [0.25, 0.3) is 0 Å². The molecule has 184 valence electrons. The smallest absolute Gasteiger partial charge is 0.226 e. The monoisotopic (exact) mass is 462 g/mol. The summed E-state index contributed by atoms with van der Waals surface area (Å²) < 4.78 is 0. The first-order valence-electron chi connectivity index (χ1n) is 13.3. The van der Waals surface area contributed by atoms with Crippen LogP contribution < -0.4 is 0 Å². The predicted molar refractivity (Wildman–Crippen MR) is 137 cm³/mol. The third-order valence-corrected chi connectivity index (χ3v) is 8.57. The van der Waals surface area contributed by atoms with Gasteiger partial charge in [0.2, 0.25) is 5.91 Å². The predicted octanol–water partition coefficient (Wildman–Crippen LogP) is 5.67. The van der Waals surface area contributed by atoms with E-state index in [0.29, 0.717) is 12.5 Å². The molecule has 1 saturated carbocycles. The number of nitrogens with zero attached hydrogens (tertiary/aromatic N) is 4. The maximum Gasteiger partial charge on any atom is 0.226 e. The molecule has 2 heterocycles. The lowest BCUT2D eigenvalue weighted by molar-refractivity contribution is -0.138. The first-order valence-corrected chi connectivity index (χ1v) is 13.3. The second kappa shape index (κ2) is 11.4. The van der Waals surface area contributed by atoms with Gasteiger partial charge in [-0.15, -0.1) is 0 Å². The summed E-state index contributed by atoms with van der Waals surface area (Å²) in [6.45, 7) is 3.43. The van der Waals surface area contributed by atoms with Crippen LogP contribution >= 0.6 is 0 Å². The van der Waals surface area contributed by atoms with Gasteiger partial charge in [0.15, 0.2) is 0 Å². The summed E-state index contributed by atoms with van der Waals surface area (Å²) in [7, 11) is 4.45. The molecule has 2 unspecified atom stereocenters. The van der Waals surface area contributed by atoms with Gasteiger partial charge in [-0.05, 0) is 69.7 Å². The van der Waals surface area contributed by atoms with Crippen molar-refractivity contribution in [2.45, 2.75) is 76.8 Å². The van der Waals surface area contributed by atoms with Gasteiger partial charge in [0, 0.05) is 30.4 Å². The van der Waals surface area contributed by atoms with Crippen molar-refractivity contribution in [2.75, 3.05) is 20.6 Å². The maximum atomic E-state index is 13.8. The molecular formula is C29H42N4O. The maximum absolute atomic E-state index is 13.8. The Kier molecular flexibility index (Phi) is 8.36. The molecule has 5 heteroatoms. The lowest BCUT2D eigenvalue weighted by atomic mass is 9.73. The fourth-order valence-corrected chi connectivity index (χ4v) is 6.15. The quantitative estimate of drug-likeness (QED) is 0.555. The second-order valence-corrected chi connectivity index (χ2v) is 10.8. The normalized spacial score (nSPS) is 27.3. The van der Waals surface area contributed by atoms with Crippen LogP contribution in [0, 0.1) is 17.8 Å². The van der Waals surface area contributed by atoms with Gasteiger partial charge in [-0.2, -0.15) is 0 Å². The minimum atomic E-state index is -0.00613. The van der Waals surface area contributed by atoms with Crippen LogP contribution in [0.1, 0.15) is 76.1 Å². The summed E-state index contributed by atoms with van der Waals surface area (Å²) in [6, 6.07) is 12.8. The molecule has 4 rings (SSSR count). The van der Waals surface area contributed by atoms with E-state index in [0.717, 1.165) is 50.4 Å². The Bertz CT molecular complexity index is 899. The van der Waals surface area contributed by atoms with Crippen molar-refractivity contribution in [3.8, 4) is 0 Å². The van der Waals surface area contributed by atoms with E-state index in [-0.39, 0.29) is 17.4 Å². The first-order chi connectivity index (χ1) is 16.5. The van der Waals surface area contributed by atoms with E-state index in [1.54, 1.807) is 12.4 Å². The molecular weight excluding hydrogens is 420 g/mol. The van der Waals surface area contributed by atoms with Crippen LogP contribution in [0.3, 0.4) is 0 Å². The Morgan fingerprint density at radius 3 is 2.32 bits per heavy atom. The third kappa shape index (κ3) is 5.68. The van der Waals surface area contributed by atoms with E-state index in [1.807, 2.05) is 11.0 Å². The standard InChI is InChI=1S/C29H42N4O/c1-23-25(21-24-11-7-12-24)13-8-16-29(32(2)3,26-14-5-4-6-15-26)17-9-20-33(28(23)34)22-27-30-18-10-19-31-27/h4-6,10,14-15,18-19,23-25H,7-9,11-13,16-17,20-22H2,1-3H3/t23?,25?,29-/m1/s1. The summed E-state index contributed by atoms with van der Waals surface area (Å²) in [5.74, 6) is 2.33. The van der Waals surface area contributed by atoms with Crippen LogP contribution in [-0.4, -0.2) is 46.3 Å². The number of carbonyl (C=O) groups excluding carboxylic acids is 1. The average molecular weight is 463 g/mol. The zero-order chi connectivity index (χ0) is 24.0. The molecule has 2 aromatic rings. The molecule has 0 radical (unpaired) electrons. The second-order valence-electron chi connectivity index (χ2n) is 10.8. The molecule has 0 bridgehead atoms. The van der Waals surface area contributed by atoms with Crippen LogP contribution in [0.2, 0.25) is 0 Å². The van der Waals surface area contributed by atoms with Crippen molar-refractivity contribution >= 4 is 5.91 Å². The van der Waals surface area contributed by atoms with E-state index >= 15 is 0 Å². The fourth-order valence-electron chi connectivity index (χ4n) is 6.15.